The Morgan fingerprint density at radius 1 is 1.56 bits per heavy atom. The fourth-order valence-corrected chi connectivity index (χ4v) is 3.38. The summed E-state index contributed by atoms with van der Waals surface area (Å²) < 4.78 is 5.79. The topological polar surface area (TPSA) is 45.0 Å². The second-order valence-corrected chi connectivity index (χ2v) is 5.51. The van der Waals surface area contributed by atoms with Crippen LogP contribution in [0, 0.1) is 11.3 Å². The number of hydrogen-bond acceptors (Lipinski definition) is 4. The van der Waals surface area contributed by atoms with E-state index in [0.717, 1.165) is 18.5 Å². The first-order chi connectivity index (χ1) is 7.85. The molecular formula is C12H14N2OS. The lowest BCUT2D eigenvalue weighted by atomic mass is 9.95. The summed E-state index contributed by atoms with van der Waals surface area (Å²) in [4.78, 5) is 1.24. The standard InChI is InChI=1S/C12H14N2OS/c13-5-8-3-10(16-7-8)6-14-11-4-9-1-2-12(11)15-9/h3,7,9,11-12,14H,1-2,4,6H2. The second-order valence-electron chi connectivity index (χ2n) is 4.51. The van der Waals surface area contributed by atoms with Gasteiger partial charge in [0.1, 0.15) is 6.07 Å². The van der Waals surface area contributed by atoms with Crippen molar-refractivity contribution in [3.63, 3.8) is 0 Å². The number of hydrogen-bond donors (Lipinski definition) is 1. The third-order valence-electron chi connectivity index (χ3n) is 3.43. The summed E-state index contributed by atoms with van der Waals surface area (Å²) in [7, 11) is 0. The molecule has 1 N–H and O–H groups in total. The molecule has 3 heterocycles. The van der Waals surface area contributed by atoms with Crippen LogP contribution in [0.1, 0.15) is 29.7 Å². The Hall–Kier alpha value is -0.890. The van der Waals surface area contributed by atoms with Crippen LogP contribution in [0.2, 0.25) is 0 Å². The van der Waals surface area contributed by atoms with Crippen molar-refractivity contribution in [2.75, 3.05) is 0 Å². The van der Waals surface area contributed by atoms with Crippen LogP contribution in [0.25, 0.3) is 0 Å². The Kier molecular flexibility index (Phi) is 2.68. The third kappa shape index (κ3) is 1.86. The number of nitrogens with zero attached hydrogens (tertiary/aromatic N) is 1. The van der Waals surface area contributed by atoms with Crippen LogP contribution in [0.5, 0.6) is 0 Å². The molecule has 4 heteroatoms. The zero-order valence-electron chi connectivity index (χ0n) is 8.98. The van der Waals surface area contributed by atoms with Crippen molar-refractivity contribution < 1.29 is 4.74 Å². The maximum Gasteiger partial charge on any atom is 0.100 e. The lowest BCUT2D eigenvalue weighted by molar-refractivity contribution is 0.0973. The molecule has 3 nitrogen and oxygen atoms in total. The van der Waals surface area contributed by atoms with E-state index in [1.165, 1.54) is 17.7 Å². The van der Waals surface area contributed by atoms with Gasteiger partial charge in [-0.05, 0) is 25.3 Å². The highest BCUT2D eigenvalue weighted by Gasteiger charge is 2.40. The highest BCUT2D eigenvalue weighted by molar-refractivity contribution is 7.10. The average Bonchev–Trinajstić information content (AvgIpc) is 3.02. The van der Waals surface area contributed by atoms with Crippen molar-refractivity contribution in [3.8, 4) is 6.07 Å². The van der Waals surface area contributed by atoms with E-state index in [-0.39, 0.29) is 0 Å². The van der Waals surface area contributed by atoms with Crippen LogP contribution in [0.15, 0.2) is 11.4 Å². The zero-order valence-corrected chi connectivity index (χ0v) is 9.80. The Balaban J connectivity index is 1.55. The van der Waals surface area contributed by atoms with Crippen molar-refractivity contribution in [2.45, 2.75) is 44.1 Å². The highest BCUT2D eigenvalue weighted by atomic mass is 32.1. The Labute approximate surface area is 99.0 Å². The average molecular weight is 234 g/mol. The van der Waals surface area contributed by atoms with Crippen molar-refractivity contribution >= 4 is 11.3 Å². The Morgan fingerprint density at radius 2 is 2.50 bits per heavy atom. The van der Waals surface area contributed by atoms with Crippen LogP contribution < -0.4 is 5.32 Å². The van der Waals surface area contributed by atoms with Crippen molar-refractivity contribution in [1.82, 2.24) is 5.32 Å². The molecule has 16 heavy (non-hydrogen) atoms. The second kappa shape index (κ2) is 4.17. The molecule has 1 aromatic heterocycles. The molecule has 2 bridgehead atoms. The Morgan fingerprint density at radius 3 is 3.12 bits per heavy atom. The fraction of sp³-hybridized carbons (Fsp3) is 0.583. The van der Waals surface area contributed by atoms with Crippen molar-refractivity contribution in [3.05, 3.63) is 21.9 Å². The molecule has 2 saturated heterocycles. The molecule has 2 aliphatic rings. The van der Waals surface area contributed by atoms with Gasteiger partial charge in [0.2, 0.25) is 0 Å². The van der Waals surface area contributed by atoms with Gasteiger partial charge >= 0.3 is 0 Å². The molecule has 0 saturated carbocycles. The van der Waals surface area contributed by atoms with E-state index >= 15 is 0 Å². The van der Waals surface area contributed by atoms with Gasteiger partial charge in [0.25, 0.3) is 0 Å². The molecule has 2 fully saturated rings. The third-order valence-corrected chi connectivity index (χ3v) is 4.36. The molecule has 3 rings (SSSR count). The lowest BCUT2D eigenvalue weighted by Crippen LogP contribution is -2.36. The van der Waals surface area contributed by atoms with Gasteiger partial charge < -0.3 is 10.1 Å². The van der Waals surface area contributed by atoms with Gasteiger partial charge in [0.05, 0.1) is 17.8 Å². The number of fused-ring (bicyclic) bond motifs is 2. The molecule has 1 aromatic rings. The van der Waals surface area contributed by atoms with Crippen molar-refractivity contribution in [1.29, 1.82) is 5.26 Å². The normalized spacial score (nSPS) is 31.8. The number of nitrogens with one attached hydrogen (secondary N) is 1. The predicted octanol–water partition coefficient (Wildman–Crippen LogP) is 2.03. The molecule has 0 aromatic carbocycles. The summed E-state index contributed by atoms with van der Waals surface area (Å²) in [6, 6.07) is 4.64. The van der Waals surface area contributed by atoms with Gasteiger partial charge in [-0.1, -0.05) is 0 Å². The van der Waals surface area contributed by atoms with Crippen molar-refractivity contribution in [2.24, 2.45) is 0 Å². The minimum Gasteiger partial charge on any atom is -0.373 e. The summed E-state index contributed by atoms with van der Waals surface area (Å²) in [6.07, 6.45) is 4.53. The molecule has 0 radical (unpaired) electrons. The first-order valence-electron chi connectivity index (χ1n) is 5.71. The summed E-state index contributed by atoms with van der Waals surface area (Å²) in [5.74, 6) is 0. The maximum atomic E-state index is 8.73. The van der Waals surface area contributed by atoms with Gasteiger partial charge in [-0.3, -0.25) is 0 Å². The van der Waals surface area contributed by atoms with Gasteiger partial charge in [-0.15, -0.1) is 11.3 Å². The van der Waals surface area contributed by atoms with E-state index < -0.39 is 0 Å². The minimum atomic E-state index is 0.431. The SMILES string of the molecule is N#Cc1csc(CNC2CC3CCC2O3)c1. The molecule has 0 spiro atoms. The van der Waals surface area contributed by atoms with E-state index in [2.05, 4.69) is 11.4 Å². The fourth-order valence-electron chi connectivity index (χ4n) is 2.62. The van der Waals surface area contributed by atoms with Gasteiger partial charge in [-0.2, -0.15) is 5.26 Å². The number of ether oxygens (including phenoxy) is 1. The number of nitriles is 1. The molecule has 0 amide bonds. The predicted molar refractivity (Wildman–Crippen MR) is 62.2 cm³/mol. The molecular weight excluding hydrogens is 220 g/mol. The smallest absolute Gasteiger partial charge is 0.100 e. The summed E-state index contributed by atoms with van der Waals surface area (Å²) >= 11 is 1.65. The van der Waals surface area contributed by atoms with Gasteiger partial charge in [-0.25, -0.2) is 0 Å². The molecule has 0 aliphatic carbocycles. The minimum absolute atomic E-state index is 0.431. The van der Waals surface area contributed by atoms with E-state index in [9.17, 15) is 0 Å². The first-order valence-corrected chi connectivity index (χ1v) is 6.59. The van der Waals surface area contributed by atoms with Gasteiger partial charge in [0.15, 0.2) is 0 Å². The molecule has 2 aliphatic heterocycles. The summed E-state index contributed by atoms with van der Waals surface area (Å²) in [5.41, 5.74) is 0.769. The van der Waals surface area contributed by atoms with Crippen LogP contribution in [-0.2, 0) is 11.3 Å². The molecule has 3 atom stereocenters. The lowest BCUT2D eigenvalue weighted by Gasteiger charge is -2.19. The number of thiophene rings is 1. The maximum absolute atomic E-state index is 8.73. The van der Waals surface area contributed by atoms with Crippen LogP contribution >= 0.6 is 11.3 Å². The van der Waals surface area contributed by atoms with Gasteiger partial charge in [0, 0.05) is 22.8 Å². The van der Waals surface area contributed by atoms with E-state index in [0.29, 0.717) is 18.2 Å². The van der Waals surface area contributed by atoms with Crippen LogP contribution in [0.3, 0.4) is 0 Å². The van der Waals surface area contributed by atoms with E-state index in [4.69, 9.17) is 10.00 Å². The van der Waals surface area contributed by atoms with E-state index in [1.54, 1.807) is 11.3 Å². The van der Waals surface area contributed by atoms with Crippen LogP contribution in [0.4, 0.5) is 0 Å². The largest absolute Gasteiger partial charge is 0.373 e. The quantitative estimate of drug-likeness (QED) is 0.870. The Bertz CT molecular complexity index is 423. The van der Waals surface area contributed by atoms with Crippen LogP contribution in [-0.4, -0.2) is 18.2 Å². The number of rotatable bonds is 3. The highest BCUT2D eigenvalue weighted by Crippen LogP contribution is 2.34. The molecule has 3 unspecified atom stereocenters. The first kappa shape index (κ1) is 10.3. The monoisotopic (exact) mass is 234 g/mol. The summed E-state index contributed by atoms with van der Waals surface area (Å²) in [6.45, 7) is 0.865. The van der Waals surface area contributed by atoms with E-state index in [1.807, 2.05) is 11.4 Å². The zero-order chi connectivity index (χ0) is 11.0. The molecule has 84 valence electrons. The summed E-state index contributed by atoms with van der Waals surface area (Å²) in [5, 5.41) is 14.2.